The molecule has 0 amide bonds. The Morgan fingerprint density at radius 2 is 1.73 bits per heavy atom. The normalized spacial score (nSPS) is 10.2. The van der Waals surface area contributed by atoms with Gasteiger partial charge < -0.3 is 0 Å². The average Bonchev–Trinajstić information content (AvgIpc) is 2.29. The molecule has 1 heterocycles. The van der Waals surface area contributed by atoms with Gasteiger partial charge in [-0.05, 0) is 28.1 Å². The Labute approximate surface area is 102 Å². The van der Waals surface area contributed by atoms with E-state index in [0.29, 0.717) is 0 Å². The van der Waals surface area contributed by atoms with Gasteiger partial charge in [-0.25, -0.2) is 0 Å². The zero-order valence-corrected chi connectivity index (χ0v) is 10.5. The number of thioether (sulfide) groups is 1. The van der Waals surface area contributed by atoms with Gasteiger partial charge in [0.15, 0.2) is 18.3 Å². The van der Waals surface area contributed by atoms with Gasteiger partial charge >= 0.3 is 0 Å². The summed E-state index contributed by atoms with van der Waals surface area (Å²) in [5, 5.41) is 0. The van der Waals surface area contributed by atoms with Crippen LogP contribution in [0.2, 0.25) is 0 Å². The second kappa shape index (κ2) is 5.33. The van der Waals surface area contributed by atoms with Crippen LogP contribution in [0.4, 0.5) is 0 Å². The second-order valence-corrected chi connectivity index (χ2v) is 4.93. The second-order valence-electron chi connectivity index (χ2n) is 3.09. The number of nitrogens with zero attached hydrogens (tertiary/aromatic N) is 1. The molecule has 0 unspecified atom stereocenters. The van der Waals surface area contributed by atoms with Gasteiger partial charge in [0.1, 0.15) is 0 Å². The zero-order valence-electron chi connectivity index (χ0n) is 8.14. The first-order valence-corrected chi connectivity index (χ1v) is 6.45. The van der Waals surface area contributed by atoms with E-state index in [4.69, 9.17) is 0 Å². The molecule has 2 aromatic rings. The molecule has 0 saturated heterocycles. The number of hydrogen-bond acceptors (Lipinski definition) is 1. The van der Waals surface area contributed by atoms with E-state index < -0.39 is 0 Å². The van der Waals surface area contributed by atoms with Crippen LogP contribution in [0, 0.1) is 0 Å². The first-order valence-electron chi connectivity index (χ1n) is 4.68. The summed E-state index contributed by atoms with van der Waals surface area (Å²) in [6.07, 6.45) is 4.15. The Bertz CT molecular complexity index is 431. The molecule has 0 aliphatic heterocycles. The van der Waals surface area contributed by atoms with Crippen LogP contribution < -0.4 is 4.57 Å². The van der Waals surface area contributed by atoms with E-state index in [0.717, 1.165) is 10.3 Å². The van der Waals surface area contributed by atoms with E-state index >= 15 is 0 Å². The van der Waals surface area contributed by atoms with Crippen molar-refractivity contribution in [1.82, 2.24) is 0 Å². The Morgan fingerprint density at radius 1 is 1.00 bits per heavy atom. The molecule has 0 bridgehead atoms. The smallest absolute Gasteiger partial charge is 0.195 e. The van der Waals surface area contributed by atoms with Crippen molar-refractivity contribution in [3.63, 3.8) is 0 Å². The molecule has 1 aromatic heterocycles. The number of rotatable bonds is 3. The lowest BCUT2D eigenvalue weighted by molar-refractivity contribution is -0.675. The maximum absolute atomic E-state index is 3.54. The summed E-state index contributed by atoms with van der Waals surface area (Å²) in [5.41, 5.74) is 0. The highest BCUT2D eigenvalue weighted by Crippen LogP contribution is 2.26. The Balaban J connectivity index is 2.03. The van der Waals surface area contributed by atoms with Crippen molar-refractivity contribution in [1.29, 1.82) is 0 Å². The molecule has 0 fully saturated rings. The molecule has 76 valence electrons. The van der Waals surface area contributed by atoms with Crippen LogP contribution in [0.15, 0.2) is 64.2 Å². The monoisotopic (exact) mass is 280 g/mol. The highest BCUT2D eigenvalue weighted by Gasteiger charge is 2.02. The van der Waals surface area contributed by atoms with Crippen LogP contribution in [0.25, 0.3) is 0 Å². The lowest BCUT2D eigenvalue weighted by atomic mass is 10.4. The molecule has 0 saturated carbocycles. The molecular formula is C12H11BrNS+. The third-order valence-corrected chi connectivity index (χ3v) is 4.03. The first-order chi connectivity index (χ1) is 7.36. The molecule has 0 aliphatic carbocycles. The summed E-state index contributed by atoms with van der Waals surface area (Å²) in [4.78, 5) is 1.27. The third-order valence-electron chi connectivity index (χ3n) is 1.98. The van der Waals surface area contributed by atoms with Crippen molar-refractivity contribution in [2.75, 3.05) is 0 Å². The van der Waals surface area contributed by atoms with Gasteiger partial charge in [-0.15, -0.1) is 0 Å². The topological polar surface area (TPSA) is 3.88 Å². The van der Waals surface area contributed by atoms with E-state index in [-0.39, 0.29) is 0 Å². The Morgan fingerprint density at radius 3 is 2.47 bits per heavy atom. The molecule has 15 heavy (non-hydrogen) atoms. The summed E-state index contributed by atoms with van der Waals surface area (Å²) in [7, 11) is 0. The number of halogens is 1. The van der Waals surface area contributed by atoms with Crippen LogP contribution in [0.5, 0.6) is 0 Å². The number of hydrogen-bond donors (Lipinski definition) is 0. The van der Waals surface area contributed by atoms with Gasteiger partial charge in [0, 0.05) is 21.5 Å². The fraction of sp³-hybridized carbons (Fsp3) is 0.0833. The SMILES string of the molecule is Brc1ccccc1SC[n+]1ccccc1. The largest absolute Gasteiger partial charge is 0.198 e. The van der Waals surface area contributed by atoms with Gasteiger partial charge in [-0.1, -0.05) is 30.0 Å². The molecule has 2 rings (SSSR count). The minimum atomic E-state index is 0.934. The lowest BCUT2D eigenvalue weighted by Gasteiger charge is -2.00. The molecule has 3 heteroatoms. The fourth-order valence-corrected chi connectivity index (χ4v) is 2.70. The first kappa shape index (κ1) is 10.7. The third kappa shape index (κ3) is 3.08. The van der Waals surface area contributed by atoms with Crippen molar-refractivity contribution in [3.8, 4) is 0 Å². The predicted octanol–water partition coefficient (Wildman–Crippen LogP) is 3.49. The maximum atomic E-state index is 3.54. The van der Waals surface area contributed by atoms with Crippen molar-refractivity contribution < 1.29 is 4.57 Å². The summed E-state index contributed by atoms with van der Waals surface area (Å²) in [6.45, 7) is 0. The van der Waals surface area contributed by atoms with Crippen molar-refractivity contribution in [2.45, 2.75) is 10.8 Å². The molecule has 0 radical (unpaired) electrons. The Kier molecular flexibility index (Phi) is 3.80. The average molecular weight is 281 g/mol. The summed E-state index contributed by atoms with van der Waals surface area (Å²) < 4.78 is 3.32. The van der Waals surface area contributed by atoms with Crippen LogP contribution in [-0.2, 0) is 5.88 Å². The van der Waals surface area contributed by atoms with Crippen molar-refractivity contribution in [3.05, 3.63) is 59.3 Å². The van der Waals surface area contributed by atoms with E-state index in [1.54, 1.807) is 0 Å². The minimum Gasteiger partial charge on any atom is -0.195 e. The highest BCUT2D eigenvalue weighted by atomic mass is 79.9. The summed E-state index contributed by atoms with van der Waals surface area (Å²) in [5.74, 6) is 0.934. The number of pyridine rings is 1. The fourth-order valence-electron chi connectivity index (χ4n) is 1.23. The molecule has 0 N–H and O–H groups in total. The van der Waals surface area contributed by atoms with E-state index in [2.05, 4.69) is 51.1 Å². The van der Waals surface area contributed by atoms with Gasteiger partial charge in [0.25, 0.3) is 0 Å². The zero-order chi connectivity index (χ0) is 10.5. The standard InChI is InChI=1S/C12H11BrNS/c13-11-6-2-3-7-12(11)15-10-14-8-4-1-5-9-14/h1-9H,10H2/q+1. The van der Waals surface area contributed by atoms with Crippen LogP contribution in [0.1, 0.15) is 0 Å². The minimum absolute atomic E-state index is 0.934. The van der Waals surface area contributed by atoms with Crippen LogP contribution >= 0.6 is 27.7 Å². The lowest BCUT2D eigenvalue weighted by Crippen LogP contribution is -2.30. The molecule has 1 nitrogen and oxygen atoms in total. The van der Waals surface area contributed by atoms with Crippen molar-refractivity contribution in [2.24, 2.45) is 0 Å². The van der Waals surface area contributed by atoms with E-state index in [1.807, 2.05) is 36.0 Å². The highest BCUT2D eigenvalue weighted by molar-refractivity contribution is 9.10. The molecule has 0 spiro atoms. The van der Waals surface area contributed by atoms with E-state index in [9.17, 15) is 0 Å². The van der Waals surface area contributed by atoms with Gasteiger partial charge in [-0.2, -0.15) is 4.57 Å². The molecule has 0 aliphatic rings. The Hall–Kier alpha value is -0.800. The summed E-state index contributed by atoms with van der Waals surface area (Å²) in [6, 6.07) is 14.4. The van der Waals surface area contributed by atoms with Crippen LogP contribution in [-0.4, -0.2) is 0 Å². The van der Waals surface area contributed by atoms with E-state index in [1.165, 1.54) is 4.90 Å². The van der Waals surface area contributed by atoms with Gasteiger partial charge in [-0.3, -0.25) is 0 Å². The molecule has 0 atom stereocenters. The number of benzene rings is 1. The summed E-state index contributed by atoms with van der Waals surface area (Å²) >= 11 is 5.36. The van der Waals surface area contributed by atoms with Crippen molar-refractivity contribution >= 4 is 27.7 Å². The maximum Gasteiger partial charge on any atom is 0.198 e. The predicted molar refractivity (Wildman–Crippen MR) is 66.6 cm³/mol. The number of aromatic nitrogens is 1. The quantitative estimate of drug-likeness (QED) is 0.615. The van der Waals surface area contributed by atoms with Crippen LogP contribution in [0.3, 0.4) is 0 Å². The van der Waals surface area contributed by atoms with Gasteiger partial charge in [0.05, 0.1) is 0 Å². The van der Waals surface area contributed by atoms with Gasteiger partial charge in [0.2, 0.25) is 0 Å². The molecule has 1 aromatic carbocycles. The molecular weight excluding hydrogens is 270 g/mol.